The Morgan fingerprint density at radius 2 is 2.29 bits per heavy atom. The van der Waals surface area contributed by atoms with Gasteiger partial charge in [-0.2, -0.15) is 0 Å². The van der Waals surface area contributed by atoms with Crippen LogP contribution in [0.1, 0.15) is 35.8 Å². The maximum atomic E-state index is 12.6. The molecule has 2 heterocycles. The van der Waals surface area contributed by atoms with Crippen molar-refractivity contribution in [3.05, 3.63) is 29.6 Å². The van der Waals surface area contributed by atoms with E-state index in [1.54, 1.807) is 30.2 Å². The fourth-order valence-corrected chi connectivity index (χ4v) is 2.56. The number of hydrogen-bond acceptors (Lipinski definition) is 4. The van der Waals surface area contributed by atoms with Crippen LogP contribution in [0.3, 0.4) is 0 Å². The van der Waals surface area contributed by atoms with Crippen molar-refractivity contribution in [3.8, 4) is 11.8 Å². The Labute approximate surface area is 125 Å². The van der Waals surface area contributed by atoms with E-state index in [1.165, 1.54) is 0 Å². The molecule has 0 saturated carbocycles. The van der Waals surface area contributed by atoms with Gasteiger partial charge in [0.05, 0.1) is 18.2 Å². The van der Waals surface area contributed by atoms with Gasteiger partial charge in [0.25, 0.3) is 5.91 Å². The summed E-state index contributed by atoms with van der Waals surface area (Å²) in [5.41, 5.74) is 6.38. The quantitative estimate of drug-likeness (QED) is 0.782. The number of amides is 1. The molecule has 0 aromatic carbocycles. The molecule has 1 aliphatic heterocycles. The highest BCUT2D eigenvalue weighted by molar-refractivity contribution is 5.94. The maximum absolute atomic E-state index is 12.6. The lowest BCUT2D eigenvalue weighted by atomic mass is 9.92. The van der Waals surface area contributed by atoms with Crippen LogP contribution >= 0.6 is 0 Å². The Bertz CT molecular complexity index is 552. The molecule has 0 spiro atoms. The van der Waals surface area contributed by atoms with Crippen molar-refractivity contribution in [2.45, 2.75) is 25.9 Å². The van der Waals surface area contributed by atoms with Crippen molar-refractivity contribution >= 4 is 5.91 Å². The summed E-state index contributed by atoms with van der Waals surface area (Å²) in [4.78, 5) is 18.5. The number of aliphatic hydroxyl groups is 1. The van der Waals surface area contributed by atoms with Crippen molar-refractivity contribution in [1.82, 2.24) is 9.88 Å². The van der Waals surface area contributed by atoms with Crippen LogP contribution in [0.5, 0.6) is 0 Å². The zero-order valence-corrected chi connectivity index (χ0v) is 12.2. The first-order valence-electron chi connectivity index (χ1n) is 7.24. The number of aliphatic hydroxyl groups excluding tert-OH is 1. The lowest BCUT2D eigenvalue weighted by molar-refractivity contribution is 0.0517. The van der Waals surface area contributed by atoms with Crippen LogP contribution in [0.25, 0.3) is 0 Å². The maximum Gasteiger partial charge on any atom is 0.273 e. The van der Waals surface area contributed by atoms with Gasteiger partial charge in [-0.15, -0.1) is 0 Å². The number of nitrogens with zero attached hydrogens (tertiary/aromatic N) is 2. The van der Waals surface area contributed by atoms with E-state index in [0.29, 0.717) is 24.3 Å². The third kappa shape index (κ3) is 3.81. The van der Waals surface area contributed by atoms with E-state index in [-0.39, 0.29) is 24.5 Å². The molecule has 1 aliphatic rings. The number of nitrogens with two attached hydrogens (primary N) is 1. The van der Waals surface area contributed by atoms with Crippen LogP contribution in [0, 0.1) is 17.8 Å². The predicted octanol–water partition coefficient (Wildman–Crippen LogP) is 0.625. The van der Waals surface area contributed by atoms with Gasteiger partial charge in [-0.1, -0.05) is 11.8 Å². The van der Waals surface area contributed by atoms with Crippen LogP contribution in [0.4, 0.5) is 0 Å². The summed E-state index contributed by atoms with van der Waals surface area (Å²) >= 11 is 0. The molecule has 0 aliphatic carbocycles. The minimum atomic E-state index is -0.317. The van der Waals surface area contributed by atoms with E-state index in [9.17, 15) is 9.90 Å². The molecule has 1 unspecified atom stereocenters. The van der Waals surface area contributed by atoms with Gasteiger partial charge in [0, 0.05) is 19.3 Å². The van der Waals surface area contributed by atoms with Crippen LogP contribution in [-0.4, -0.2) is 46.6 Å². The number of carbonyl (C=O) groups excluding carboxylic acids is 1. The van der Waals surface area contributed by atoms with Crippen LogP contribution in [0.15, 0.2) is 18.3 Å². The Morgan fingerprint density at radius 1 is 1.57 bits per heavy atom. The van der Waals surface area contributed by atoms with Gasteiger partial charge in [-0.3, -0.25) is 4.79 Å². The smallest absolute Gasteiger partial charge is 0.273 e. The summed E-state index contributed by atoms with van der Waals surface area (Å²) in [6, 6.07) is 3.54. The van der Waals surface area contributed by atoms with Crippen molar-refractivity contribution < 1.29 is 9.90 Å². The zero-order chi connectivity index (χ0) is 15.2. The number of piperidine rings is 1. The number of pyridine rings is 1. The Kier molecular flexibility index (Phi) is 5.32. The second-order valence-electron chi connectivity index (χ2n) is 5.28. The average Bonchev–Trinajstić information content (AvgIpc) is 2.52. The number of aromatic nitrogens is 1. The fourth-order valence-electron chi connectivity index (χ4n) is 2.56. The molecule has 5 nitrogen and oxygen atoms in total. The highest BCUT2D eigenvalue weighted by atomic mass is 16.3. The lowest BCUT2D eigenvalue weighted by Gasteiger charge is -2.33. The number of carbonyl (C=O) groups is 1. The number of rotatable bonds is 2. The third-order valence-electron chi connectivity index (χ3n) is 3.84. The first-order valence-corrected chi connectivity index (χ1v) is 7.24. The van der Waals surface area contributed by atoms with E-state index >= 15 is 0 Å². The monoisotopic (exact) mass is 287 g/mol. The van der Waals surface area contributed by atoms with Gasteiger partial charge in [0.15, 0.2) is 0 Å². The molecule has 2 rings (SSSR count). The van der Waals surface area contributed by atoms with Crippen molar-refractivity contribution in [3.63, 3.8) is 0 Å². The van der Waals surface area contributed by atoms with E-state index in [2.05, 4.69) is 16.8 Å². The first kappa shape index (κ1) is 15.5. The van der Waals surface area contributed by atoms with Gasteiger partial charge < -0.3 is 15.7 Å². The molecule has 3 N–H and O–H groups in total. The SMILES string of the molecule is CC(O)C1CCN(C(=O)c2ncccc2C#CCN)CC1. The normalized spacial score (nSPS) is 17.0. The number of hydrogen-bond donors (Lipinski definition) is 2. The molecule has 5 heteroatoms. The topological polar surface area (TPSA) is 79.5 Å². The fraction of sp³-hybridized carbons (Fsp3) is 0.500. The Balaban J connectivity index is 2.11. The lowest BCUT2D eigenvalue weighted by Crippen LogP contribution is -2.41. The van der Waals surface area contributed by atoms with E-state index < -0.39 is 0 Å². The highest BCUT2D eigenvalue weighted by Gasteiger charge is 2.27. The van der Waals surface area contributed by atoms with Gasteiger partial charge in [-0.25, -0.2) is 4.98 Å². The summed E-state index contributed by atoms with van der Waals surface area (Å²) in [5, 5.41) is 9.61. The second-order valence-corrected chi connectivity index (χ2v) is 5.28. The molecule has 1 amide bonds. The molecule has 0 bridgehead atoms. The van der Waals surface area contributed by atoms with Gasteiger partial charge >= 0.3 is 0 Å². The molecule has 0 radical (unpaired) electrons. The number of likely N-dealkylation sites (tertiary alicyclic amines) is 1. The van der Waals surface area contributed by atoms with Crippen LogP contribution in [0.2, 0.25) is 0 Å². The van der Waals surface area contributed by atoms with E-state index in [4.69, 9.17) is 5.73 Å². The zero-order valence-electron chi connectivity index (χ0n) is 12.2. The van der Waals surface area contributed by atoms with E-state index in [1.807, 2.05) is 0 Å². The average molecular weight is 287 g/mol. The van der Waals surface area contributed by atoms with Crippen LogP contribution in [-0.2, 0) is 0 Å². The Hall–Kier alpha value is -1.90. The Morgan fingerprint density at radius 3 is 2.90 bits per heavy atom. The molecular formula is C16H21N3O2. The summed E-state index contributed by atoms with van der Waals surface area (Å²) in [6.07, 6.45) is 2.92. The predicted molar refractivity (Wildman–Crippen MR) is 80.5 cm³/mol. The first-order chi connectivity index (χ1) is 10.1. The van der Waals surface area contributed by atoms with Crippen molar-refractivity contribution in [1.29, 1.82) is 0 Å². The molecule has 1 atom stereocenters. The largest absolute Gasteiger partial charge is 0.393 e. The standard InChI is InChI=1S/C16H21N3O2/c1-12(20)13-6-10-19(11-7-13)16(21)15-14(4-2-8-17)5-3-9-18-15/h3,5,9,12-13,20H,6-8,10-11,17H2,1H3. The molecular weight excluding hydrogens is 266 g/mol. The van der Waals surface area contributed by atoms with Crippen LogP contribution < -0.4 is 5.73 Å². The molecule has 1 aromatic heterocycles. The van der Waals surface area contributed by atoms with Gasteiger partial charge in [0.2, 0.25) is 0 Å². The third-order valence-corrected chi connectivity index (χ3v) is 3.84. The summed E-state index contributed by atoms with van der Waals surface area (Å²) in [5.74, 6) is 5.83. The van der Waals surface area contributed by atoms with Gasteiger partial charge in [0.1, 0.15) is 5.69 Å². The second kappa shape index (κ2) is 7.21. The minimum Gasteiger partial charge on any atom is -0.393 e. The molecule has 21 heavy (non-hydrogen) atoms. The molecule has 1 saturated heterocycles. The summed E-state index contributed by atoms with van der Waals surface area (Å²) < 4.78 is 0. The molecule has 1 fully saturated rings. The summed E-state index contributed by atoms with van der Waals surface area (Å²) in [6.45, 7) is 3.35. The molecule has 112 valence electrons. The minimum absolute atomic E-state index is 0.0963. The summed E-state index contributed by atoms with van der Waals surface area (Å²) in [7, 11) is 0. The highest BCUT2D eigenvalue weighted by Crippen LogP contribution is 2.22. The molecule has 1 aromatic rings. The van der Waals surface area contributed by atoms with Gasteiger partial charge in [-0.05, 0) is 37.8 Å². The van der Waals surface area contributed by atoms with E-state index in [0.717, 1.165) is 12.8 Å². The van der Waals surface area contributed by atoms with Crippen molar-refractivity contribution in [2.24, 2.45) is 11.7 Å². The van der Waals surface area contributed by atoms with Crippen molar-refractivity contribution in [2.75, 3.05) is 19.6 Å².